The molecule has 0 bridgehead atoms. The first kappa shape index (κ1) is 25.9. The van der Waals surface area contributed by atoms with Gasteiger partial charge in [-0.05, 0) is 36.3 Å². The van der Waals surface area contributed by atoms with Crippen molar-refractivity contribution in [2.75, 3.05) is 32.8 Å². The van der Waals surface area contributed by atoms with Gasteiger partial charge in [0.25, 0.3) is 0 Å². The van der Waals surface area contributed by atoms with E-state index in [1.807, 2.05) is 0 Å². The Morgan fingerprint density at radius 2 is 2.22 bits per heavy atom. The number of rotatable bonds is 5. The van der Waals surface area contributed by atoms with E-state index in [4.69, 9.17) is 4.74 Å². The van der Waals surface area contributed by atoms with Crippen molar-refractivity contribution < 1.29 is 27.1 Å². The van der Waals surface area contributed by atoms with Crippen molar-refractivity contribution in [3.8, 4) is 17.9 Å². The summed E-state index contributed by atoms with van der Waals surface area (Å²) in [6.45, 7) is 2.19. The maximum absolute atomic E-state index is 15.2. The minimum absolute atomic E-state index is 0.0248. The first-order valence-electron chi connectivity index (χ1n) is 11.0. The van der Waals surface area contributed by atoms with Gasteiger partial charge in [0.05, 0.1) is 42.5 Å². The van der Waals surface area contributed by atoms with Gasteiger partial charge < -0.3 is 15.4 Å². The van der Waals surface area contributed by atoms with Gasteiger partial charge in [-0.15, -0.1) is 5.73 Å². The molecule has 0 aliphatic carbocycles. The number of fused-ring (bicyclic) bond motifs is 1. The van der Waals surface area contributed by atoms with E-state index in [9.17, 15) is 23.2 Å². The Morgan fingerprint density at radius 3 is 2.83 bits per heavy atom. The minimum Gasteiger partial charge on any atom is -0.375 e. The molecule has 0 saturated carbocycles. The van der Waals surface area contributed by atoms with E-state index in [0.717, 1.165) is 0 Å². The molecule has 2 fully saturated rings. The van der Waals surface area contributed by atoms with Crippen LogP contribution in [-0.4, -0.2) is 76.7 Å². The monoisotopic (exact) mass is 522 g/mol. The fourth-order valence-corrected chi connectivity index (χ4v) is 4.69. The number of likely N-dealkylation sites (tertiary alicyclic amines) is 1. The van der Waals surface area contributed by atoms with E-state index < -0.39 is 23.3 Å². The van der Waals surface area contributed by atoms with Gasteiger partial charge in [0.1, 0.15) is 17.7 Å². The molecule has 1 amide bonds. The summed E-state index contributed by atoms with van der Waals surface area (Å²) in [5.41, 5.74) is -2.66. The Balaban J connectivity index is 1.58. The number of hydrogen-bond acceptors (Lipinski definition) is 7. The molecule has 13 heteroatoms. The van der Waals surface area contributed by atoms with E-state index >= 15 is 4.39 Å². The van der Waals surface area contributed by atoms with Crippen LogP contribution in [0.25, 0.3) is 11.9 Å². The van der Waals surface area contributed by atoms with Gasteiger partial charge in [-0.2, -0.15) is 23.5 Å². The number of hydrogen-bond donors (Lipinski definition) is 2. The molecule has 2 unspecified atom stereocenters. The zero-order valence-corrected chi connectivity index (χ0v) is 20.0. The van der Waals surface area contributed by atoms with Crippen molar-refractivity contribution in [3.63, 3.8) is 0 Å². The van der Waals surface area contributed by atoms with Crippen LogP contribution >= 0.6 is 11.8 Å². The lowest BCUT2D eigenvalue weighted by molar-refractivity contribution is -0.122. The average molecular weight is 523 g/mol. The predicted octanol–water partition coefficient (Wildman–Crippen LogP) is 2.26. The third kappa shape index (κ3) is 5.61. The maximum atomic E-state index is 15.2. The van der Waals surface area contributed by atoms with Gasteiger partial charge in [0.15, 0.2) is 5.54 Å². The second kappa shape index (κ2) is 10.4. The number of carbonyl (C=O) groups is 1. The zero-order chi connectivity index (χ0) is 25.9. The molecule has 0 radical (unpaired) electrons. The summed E-state index contributed by atoms with van der Waals surface area (Å²) < 4.78 is 61.6. The highest BCUT2D eigenvalue weighted by Gasteiger charge is 2.48. The van der Waals surface area contributed by atoms with Gasteiger partial charge in [-0.3, -0.25) is 9.69 Å². The summed E-state index contributed by atoms with van der Waals surface area (Å²) in [5, 5.41) is 19.3. The molecule has 2 saturated heterocycles. The van der Waals surface area contributed by atoms with Crippen LogP contribution in [0.4, 0.5) is 17.6 Å². The summed E-state index contributed by atoms with van der Waals surface area (Å²) in [7, 11) is 0. The van der Waals surface area contributed by atoms with Crippen molar-refractivity contribution in [2.45, 2.75) is 41.5 Å². The Morgan fingerprint density at radius 1 is 1.44 bits per heavy atom. The minimum atomic E-state index is -4.60. The Hall–Kier alpha value is -3.22. The molecular weight excluding hydrogens is 500 g/mol. The number of alkyl halides is 4. The van der Waals surface area contributed by atoms with Crippen LogP contribution in [0.1, 0.15) is 24.7 Å². The lowest BCUT2D eigenvalue weighted by atomic mass is 9.92. The molecule has 0 spiro atoms. The number of halogens is 4. The van der Waals surface area contributed by atoms with E-state index in [1.165, 1.54) is 23.8 Å². The van der Waals surface area contributed by atoms with Crippen molar-refractivity contribution in [1.82, 2.24) is 25.3 Å². The van der Waals surface area contributed by atoms with Crippen LogP contribution in [0.5, 0.6) is 0 Å². The average Bonchev–Trinajstić information content (AvgIpc) is 2.96. The molecule has 4 rings (SSSR count). The van der Waals surface area contributed by atoms with Crippen LogP contribution in [0.2, 0.25) is 0 Å². The van der Waals surface area contributed by atoms with Gasteiger partial charge >= 0.3 is 5.51 Å². The van der Waals surface area contributed by atoms with Gasteiger partial charge in [-0.1, -0.05) is 5.92 Å². The smallest absolute Gasteiger partial charge is 0.375 e. The zero-order valence-electron chi connectivity index (χ0n) is 19.2. The van der Waals surface area contributed by atoms with Crippen molar-refractivity contribution in [1.29, 1.82) is 5.26 Å². The first-order valence-corrected chi connectivity index (χ1v) is 11.8. The molecule has 2 N–H and O–H groups in total. The molecule has 2 atom stereocenters. The number of thioether (sulfide) groups is 1. The Bertz CT molecular complexity index is 1230. The van der Waals surface area contributed by atoms with E-state index in [0.29, 0.717) is 13.0 Å². The van der Waals surface area contributed by atoms with Gasteiger partial charge in [0.2, 0.25) is 5.91 Å². The van der Waals surface area contributed by atoms with Gasteiger partial charge in [0, 0.05) is 26.1 Å². The summed E-state index contributed by atoms with van der Waals surface area (Å²) >= 11 is -0.351. The molecule has 8 nitrogen and oxygen atoms in total. The molecule has 3 aliphatic heterocycles. The standard InChI is InChI=1S/C23H22F4N6O2S/c1-15(34)29-9-4-5-18-21(36-23(25,26)27)19-6-2-3-7-20(33(19)31-18)30-17-8-10-32(11-16(17)24)22(12-28)13-35-14-22/h3,6-7,16-17,30H,8-11,13-14H2,1H3,(H,29,34). The highest BCUT2D eigenvalue weighted by molar-refractivity contribution is 8.00. The summed E-state index contributed by atoms with van der Waals surface area (Å²) in [6, 6.07) is 1.57. The third-order valence-corrected chi connectivity index (χ3v) is 6.72. The number of piperidine rings is 1. The number of carbonyl (C=O) groups excluding carboxylic acids is 1. The highest BCUT2D eigenvalue weighted by Crippen LogP contribution is 2.41. The molecule has 1 aromatic heterocycles. The topological polar surface area (TPSA) is 95.2 Å². The fourth-order valence-electron chi connectivity index (χ4n) is 4.02. The van der Waals surface area contributed by atoms with Crippen LogP contribution in [0.3, 0.4) is 0 Å². The molecule has 36 heavy (non-hydrogen) atoms. The molecule has 3 aliphatic rings. The largest absolute Gasteiger partial charge is 0.446 e. The quantitative estimate of drug-likeness (QED) is 0.265. The molecular formula is C23H22F4N6O2S. The van der Waals surface area contributed by atoms with Crippen molar-refractivity contribution in [2.24, 2.45) is 0 Å². The lowest BCUT2D eigenvalue weighted by Gasteiger charge is -2.48. The molecule has 190 valence electrons. The SMILES string of the molecule is CC(=O)NCC#Cc1nn2c(c1SC(F)(F)F)C=C=CC=C2NC1CCN(C2(C#N)COC2)CC1F. The van der Waals surface area contributed by atoms with Crippen LogP contribution in [-0.2, 0) is 9.53 Å². The Labute approximate surface area is 209 Å². The number of nitrogens with one attached hydrogen (secondary N) is 2. The van der Waals surface area contributed by atoms with Gasteiger partial charge in [-0.25, -0.2) is 9.07 Å². The van der Waals surface area contributed by atoms with Crippen LogP contribution in [0, 0.1) is 23.2 Å². The second-order valence-corrected chi connectivity index (χ2v) is 9.48. The number of nitriles is 1. The summed E-state index contributed by atoms with van der Waals surface area (Å²) in [4.78, 5) is 12.6. The normalized spacial score (nSPS) is 22.7. The second-order valence-electron chi connectivity index (χ2n) is 8.40. The first-order chi connectivity index (χ1) is 17.1. The van der Waals surface area contributed by atoms with E-state index in [-0.39, 0.29) is 66.1 Å². The third-order valence-electron chi connectivity index (χ3n) is 5.88. The van der Waals surface area contributed by atoms with Crippen molar-refractivity contribution >= 4 is 29.6 Å². The van der Waals surface area contributed by atoms with E-state index in [2.05, 4.69) is 39.4 Å². The fraction of sp³-hybridized carbons (Fsp3) is 0.478. The summed E-state index contributed by atoms with van der Waals surface area (Å²) in [6.07, 6.45) is 3.43. The van der Waals surface area contributed by atoms with Crippen LogP contribution in [0.15, 0.2) is 22.8 Å². The number of amides is 1. The Kier molecular flexibility index (Phi) is 7.48. The number of aromatic nitrogens is 2. The molecule has 4 heterocycles. The number of ether oxygens (including phenoxy) is 1. The van der Waals surface area contributed by atoms with Crippen molar-refractivity contribution in [3.05, 3.63) is 29.3 Å². The number of nitrogens with zero attached hydrogens (tertiary/aromatic N) is 4. The lowest BCUT2D eigenvalue weighted by Crippen LogP contribution is -2.66. The predicted molar refractivity (Wildman–Crippen MR) is 124 cm³/mol. The molecule has 1 aromatic rings. The highest BCUT2D eigenvalue weighted by atomic mass is 32.2. The van der Waals surface area contributed by atoms with Crippen LogP contribution < -0.4 is 10.6 Å². The maximum Gasteiger partial charge on any atom is 0.446 e. The molecule has 0 aromatic carbocycles. The summed E-state index contributed by atoms with van der Waals surface area (Å²) in [5.74, 6) is 5.14. The van der Waals surface area contributed by atoms with E-state index in [1.54, 1.807) is 11.0 Å². The number of allylic oxidation sites excluding steroid dienone is 2.